The molecule has 0 aliphatic carbocycles. The number of thiophene rings is 1. The zero-order valence-electron chi connectivity index (χ0n) is 14.1. The highest BCUT2D eigenvalue weighted by atomic mass is 32.1. The first-order valence-electron chi connectivity index (χ1n) is 7.31. The minimum Gasteiger partial charge on any atom is -0.363 e. The van der Waals surface area contributed by atoms with Gasteiger partial charge in [-0.25, -0.2) is 0 Å². The van der Waals surface area contributed by atoms with Gasteiger partial charge in [0.2, 0.25) is 0 Å². The van der Waals surface area contributed by atoms with Crippen LogP contribution in [-0.2, 0) is 13.6 Å². The molecular formula is C16H26N4S. The number of aryl methyl sites for hydroxylation is 4. The van der Waals surface area contributed by atoms with Gasteiger partial charge in [0.05, 0.1) is 5.69 Å². The summed E-state index contributed by atoms with van der Waals surface area (Å²) in [4.78, 5) is 4.91. The second kappa shape index (κ2) is 6.20. The summed E-state index contributed by atoms with van der Waals surface area (Å²) in [6, 6.07) is 2.64. The van der Waals surface area contributed by atoms with Gasteiger partial charge in [0.15, 0.2) is 0 Å². The molecule has 5 heteroatoms. The van der Waals surface area contributed by atoms with E-state index in [1.807, 2.05) is 23.1 Å². The summed E-state index contributed by atoms with van der Waals surface area (Å²) in [5.74, 6) is 1.17. The van der Waals surface area contributed by atoms with Crippen LogP contribution in [0.15, 0.2) is 6.07 Å². The molecule has 2 aromatic rings. The molecule has 0 aliphatic rings. The Labute approximate surface area is 131 Å². The van der Waals surface area contributed by atoms with Gasteiger partial charge >= 0.3 is 0 Å². The number of rotatable bonds is 5. The van der Waals surface area contributed by atoms with Crippen LogP contribution in [0.2, 0.25) is 0 Å². The lowest BCUT2D eigenvalue weighted by Gasteiger charge is -2.18. The van der Waals surface area contributed by atoms with Crippen LogP contribution in [-0.4, -0.2) is 23.9 Å². The topological polar surface area (TPSA) is 33.1 Å². The first-order chi connectivity index (χ1) is 9.81. The maximum Gasteiger partial charge on any atom is 0.130 e. The van der Waals surface area contributed by atoms with E-state index in [-0.39, 0.29) is 0 Å². The van der Waals surface area contributed by atoms with Gasteiger partial charge < -0.3 is 10.2 Å². The lowest BCUT2D eigenvalue weighted by Crippen LogP contribution is -2.21. The van der Waals surface area contributed by atoms with E-state index in [0.717, 1.165) is 12.2 Å². The molecule has 0 unspecified atom stereocenters. The SMILES string of the molecule is Cc1cc([C@H](C)NCc2c(C)nn(C)c2N(C)C)c(C)s1. The molecule has 4 nitrogen and oxygen atoms in total. The zero-order chi connectivity index (χ0) is 15.7. The summed E-state index contributed by atoms with van der Waals surface area (Å²) in [7, 11) is 6.13. The summed E-state index contributed by atoms with van der Waals surface area (Å²) in [5.41, 5.74) is 3.78. The molecule has 0 radical (unpaired) electrons. The molecule has 0 amide bonds. The molecule has 0 spiro atoms. The molecule has 0 fully saturated rings. The molecule has 1 N–H and O–H groups in total. The van der Waals surface area contributed by atoms with Crippen molar-refractivity contribution in [2.24, 2.45) is 7.05 Å². The van der Waals surface area contributed by atoms with E-state index < -0.39 is 0 Å². The molecule has 2 heterocycles. The van der Waals surface area contributed by atoms with Crippen LogP contribution < -0.4 is 10.2 Å². The van der Waals surface area contributed by atoms with Gasteiger partial charge in [-0.2, -0.15) is 5.10 Å². The molecule has 0 bridgehead atoms. The second-order valence-corrected chi connectivity index (χ2v) is 7.34. The van der Waals surface area contributed by atoms with Crippen molar-refractivity contribution in [3.63, 3.8) is 0 Å². The van der Waals surface area contributed by atoms with Crippen molar-refractivity contribution in [3.8, 4) is 0 Å². The first kappa shape index (κ1) is 16.0. The number of anilines is 1. The van der Waals surface area contributed by atoms with Gasteiger partial charge in [-0.05, 0) is 39.3 Å². The van der Waals surface area contributed by atoms with E-state index in [4.69, 9.17) is 0 Å². The van der Waals surface area contributed by atoms with E-state index in [0.29, 0.717) is 6.04 Å². The highest BCUT2D eigenvalue weighted by Gasteiger charge is 2.17. The van der Waals surface area contributed by atoms with Crippen molar-refractivity contribution < 1.29 is 0 Å². The maximum absolute atomic E-state index is 4.54. The number of nitrogens with zero attached hydrogens (tertiary/aromatic N) is 3. The van der Waals surface area contributed by atoms with Gasteiger partial charge in [-0.1, -0.05) is 0 Å². The Morgan fingerprint density at radius 2 is 2.00 bits per heavy atom. The Morgan fingerprint density at radius 1 is 1.33 bits per heavy atom. The van der Waals surface area contributed by atoms with Crippen molar-refractivity contribution in [2.45, 2.75) is 40.3 Å². The summed E-state index contributed by atoms with van der Waals surface area (Å²) in [5, 5.41) is 8.19. The van der Waals surface area contributed by atoms with Gasteiger partial charge in [0, 0.05) is 49.0 Å². The Bertz CT molecular complexity index is 625. The van der Waals surface area contributed by atoms with Crippen molar-refractivity contribution in [3.05, 3.63) is 32.6 Å². The van der Waals surface area contributed by atoms with Crippen LogP contribution in [0.3, 0.4) is 0 Å². The average Bonchev–Trinajstić information content (AvgIpc) is 2.85. The molecule has 116 valence electrons. The van der Waals surface area contributed by atoms with E-state index >= 15 is 0 Å². The fraction of sp³-hybridized carbons (Fsp3) is 0.562. The number of aromatic nitrogens is 2. The quantitative estimate of drug-likeness (QED) is 0.920. The largest absolute Gasteiger partial charge is 0.363 e. The molecule has 0 aromatic carbocycles. The highest BCUT2D eigenvalue weighted by molar-refractivity contribution is 7.12. The maximum atomic E-state index is 4.54. The third kappa shape index (κ3) is 3.30. The fourth-order valence-corrected chi connectivity index (χ4v) is 3.92. The van der Waals surface area contributed by atoms with E-state index in [2.05, 4.69) is 63.2 Å². The Balaban J connectivity index is 2.15. The molecule has 2 rings (SSSR count). The fourth-order valence-electron chi connectivity index (χ4n) is 2.90. The Morgan fingerprint density at radius 3 is 2.52 bits per heavy atom. The molecule has 0 saturated carbocycles. The van der Waals surface area contributed by atoms with Crippen molar-refractivity contribution in [2.75, 3.05) is 19.0 Å². The van der Waals surface area contributed by atoms with Crippen LogP contribution in [0, 0.1) is 20.8 Å². The predicted octanol–water partition coefficient (Wildman–Crippen LogP) is 3.32. The molecular weight excluding hydrogens is 280 g/mol. The first-order valence-corrected chi connectivity index (χ1v) is 8.13. The minimum atomic E-state index is 0.351. The van der Waals surface area contributed by atoms with Crippen molar-refractivity contribution >= 4 is 17.2 Å². The van der Waals surface area contributed by atoms with E-state index in [1.165, 1.54) is 26.7 Å². The molecule has 0 aliphatic heterocycles. The third-order valence-electron chi connectivity index (χ3n) is 3.87. The summed E-state index contributed by atoms with van der Waals surface area (Å²) in [6.07, 6.45) is 0. The van der Waals surface area contributed by atoms with Gasteiger partial charge in [0.25, 0.3) is 0 Å². The number of hydrogen-bond acceptors (Lipinski definition) is 4. The number of nitrogens with one attached hydrogen (secondary N) is 1. The van der Waals surface area contributed by atoms with Gasteiger partial charge in [-0.3, -0.25) is 4.68 Å². The monoisotopic (exact) mass is 306 g/mol. The van der Waals surface area contributed by atoms with Crippen LogP contribution in [0.1, 0.15) is 39.5 Å². The lowest BCUT2D eigenvalue weighted by molar-refractivity contribution is 0.572. The standard InChI is InChI=1S/C16H26N4S/c1-10-8-14(13(4)21-10)11(2)17-9-15-12(3)18-20(7)16(15)19(5)6/h8,11,17H,9H2,1-7H3/t11-/m0/s1. The normalized spacial score (nSPS) is 12.7. The van der Waals surface area contributed by atoms with E-state index in [1.54, 1.807) is 0 Å². The summed E-state index contributed by atoms with van der Waals surface area (Å²) in [6.45, 7) is 9.52. The van der Waals surface area contributed by atoms with Gasteiger partial charge in [0.1, 0.15) is 5.82 Å². The second-order valence-electron chi connectivity index (χ2n) is 5.88. The van der Waals surface area contributed by atoms with Crippen LogP contribution in [0.5, 0.6) is 0 Å². The molecule has 21 heavy (non-hydrogen) atoms. The Hall–Kier alpha value is -1.33. The smallest absolute Gasteiger partial charge is 0.130 e. The minimum absolute atomic E-state index is 0.351. The zero-order valence-corrected chi connectivity index (χ0v) is 14.9. The van der Waals surface area contributed by atoms with E-state index in [9.17, 15) is 0 Å². The van der Waals surface area contributed by atoms with Crippen molar-refractivity contribution in [1.29, 1.82) is 0 Å². The number of hydrogen-bond donors (Lipinski definition) is 1. The summed E-state index contributed by atoms with van der Waals surface area (Å²) < 4.78 is 1.96. The Kier molecular flexibility index (Phi) is 4.74. The highest BCUT2D eigenvalue weighted by Crippen LogP contribution is 2.27. The molecule has 2 aromatic heterocycles. The molecule has 1 atom stereocenters. The van der Waals surface area contributed by atoms with Gasteiger partial charge in [-0.15, -0.1) is 11.3 Å². The predicted molar refractivity (Wildman–Crippen MR) is 91.3 cm³/mol. The lowest BCUT2D eigenvalue weighted by atomic mass is 10.1. The van der Waals surface area contributed by atoms with Crippen LogP contribution >= 0.6 is 11.3 Å². The summed E-state index contributed by atoms with van der Waals surface area (Å²) >= 11 is 1.87. The van der Waals surface area contributed by atoms with Crippen LogP contribution in [0.4, 0.5) is 5.82 Å². The third-order valence-corrected chi connectivity index (χ3v) is 4.85. The van der Waals surface area contributed by atoms with Crippen LogP contribution in [0.25, 0.3) is 0 Å². The average molecular weight is 306 g/mol. The van der Waals surface area contributed by atoms with Crippen molar-refractivity contribution in [1.82, 2.24) is 15.1 Å². The molecule has 0 saturated heterocycles.